The molecule has 1 aliphatic heterocycles. The van der Waals surface area contributed by atoms with Gasteiger partial charge in [-0.15, -0.1) is 0 Å². The van der Waals surface area contributed by atoms with Gasteiger partial charge in [-0.1, -0.05) is 36.4 Å². The fourth-order valence-electron chi connectivity index (χ4n) is 3.61. The minimum absolute atomic E-state index is 0.274. The number of methoxy groups -OCH3 is 1. The molecular weight excluding hydrogens is 378 g/mol. The predicted molar refractivity (Wildman–Crippen MR) is 120 cm³/mol. The van der Waals surface area contributed by atoms with Gasteiger partial charge in [-0.3, -0.25) is 4.90 Å². The van der Waals surface area contributed by atoms with Crippen molar-refractivity contribution < 1.29 is 14.6 Å². The van der Waals surface area contributed by atoms with Crippen LogP contribution in [0.5, 0.6) is 11.5 Å². The van der Waals surface area contributed by atoms with Crippen LogP contribution in [0, 0.1) is 0 Å². The molecule has 6 heteroatoms. The molecule has 0 aromatic heterocycles. The molecule has 164 valence electrons. The van der Waals surface area contributed by atoms with Crippen molar-refractivity contribution in [3.8, 4) is 11.5 Å². The van der Waals surface area contributed by atoms with Crippen LogP contribution in [0.25, 0.3) is 0 Å². The van der Waals surface area contributed by atoms with Crippen LogP contribution in [-0.2, 0) is 13.0 Å². The first-order chi connectivity index (χ1) is 14.6. The smallest absolute Gasteiger partial charge is 0.127 e. The average molecular weight is 414 g/mol. The van der Waals surface area contributed by atoms with Gasteiger partial charge in [0.05, 0.1) is 7.11 Å². The molecule has 1 atom stereocenters. The highest BCUT2D eigenvalue weighted by Gasteiger charge is 2.18. The third-order valence-electron chi connectivity index (χ3n) is 5.52. The minimum Gasteiger partial charge on any atom is -0.497 e. The Labute approximate surface area is 180 Å². The highest BCUT2D eigenvalue weighted by atomic mass is 16.5. The molecule has 2 aromatic carbocycles. The Kier molecular flexibility index (Phi) is 8.96. The third kappa shape index (κ3) is 7.29. The summed E-state index contributed by atoms with van der Waals surface area (Å²) < 4.78 is 11.4. The van der Waals surface area contributed by atoms with Crippen molar-refractivity contribution in [2.75, 3.05) is 60.0 Å². The maximum absolute atomic E-state index is 10.5. The van der Waals surface area contributed by atoms with Crippen LogP contribution in [0.1, 0.15) is 11.1 Å². The second-order valence-corrected chi connectivity index (χ2v) is 7.95. The summed E-state index contributed by atoms with van der Waals surface area (Å²) in [6, 6.07) is 16.3. The summed E-state index contributed by atoms with van der Waals surface area (Å²) in [5.41, 5.74) is 2.39. The van der Waals surface area contributed by atoms with E-state index in [9.17, 15) is 5.11 Å². The Morgan fingerprint density at radius 1 is 1.07 bits per heavy atom. The summed E-state index contributed by atoms with van der Waals surface area (Å²) in [4.78, 5) is 4.61. The molecule has 1 fully saturated rings. The summed E-state index contributed by atoms with van der Waals surface area (Å²) in [5, 5.41) is 13.9. The summed E-state index contributed by atoms with van der Waals surface area (Å²) in [7, 11) is 3.79. The van der Waals surface area contributed by atoms with Crippen molar-refractivity contribution in [1.29, 1.82) is 0 Å². The normalized spacial score (nSPS) is 16.4. The minimum atomic E-state index is -0.515. The molecule has 2 N–H and O–H groups in total. The van der Waals surface area contributed by atoms with E-state index in [4.69, 9.17) is 9.47 Å². The van der Waals surface area contributed by atoms with E-state index in [0.29, 0.717) is 13.1 Å². The molecule has 0 spiro atoms. The third-order valence-corrected chi connectivity index (χ3v) is 5.52. The molecule has 1 saturated heterocycles. The largest absolute Gasteiger partial charge is 0.497 e. The van der Waals surface area contributed by atoms with Gasteiger partial charge in [0.2, 0.25) is 0 Å². The molecular formula is C24H35N3O3. The van der Waals surface area contributed by atoms with E-state index >= 15 is 0 Å². The summed E-state index contributed by atoms with van der Waals surface area (Å²) in [5.74, 6) is 1.52. The number of nitrogens with one attached hydrogen (secondary N) is 1. The highest BCUT2D eigenvalue weighted by Crippen LogP contribution is 2.25. The number of hydrogen-bond donors (Lipinski definition) is 2. The quantitative estimate of drug-likeness (QED) is 0.550. The first-order valence-electron chi connectivity index (χ1n) is 10.8. The second-order valence-electron chi connectivity index (χ2n) is 7.95. The first kappa shape index (κ1) is 22.6. The van der Waals surface area contributed by atoms with Crippen LogP contribution in [0.15, 0.2) is 48.5 Å². The number of rotatable bonds is 11. The molecule has 30 heavy (non-hydrogen) atoms. The maximum atomic E-state index is 10.5. The number of benzene rings is 2. The Morgan fingerprint density at radius 2 is 1.83 bits per heavy atom. The number of aliphatic hydroxyl groups is 1. The van der Waals surface area contributed by atoms with Gasteiger partial charge in [0.1, 0.15) is 24.2 Å². The van der Waals surface area contributed by atoms with Gasteiger partial charge in [-0.25, -0.2) is 0 Å². The van der Waals surface area contributed by atoms with Gasteiger partial charge in [0.15, 0.2) is 0 Å². The number of aliphatic hydroxyl groups excluding tert-OH is 1. The van der Waals surface area contributed by atoms with E-state index in [1.807, 2.05) is 24.3 Å². The van der Waals surface area contributed by atoms with Gasteiger partial charge in [0, 0.05) is 50.9 Å². The van der Waals surface area contributed by atoms with Crippen molar-refractivity contribution >= 4 is 0 Å². The van der Waals surface area contributed by atoms with E-state index in [0.717, 1.165) is 56.2 Å². The molecule has 2 aromatic rings. The first-order valence-corrected chi connectivity index (χ1v) is 10.8. The fraction of sp³-hybridized carbons (Fsp3) is 0.500. The zero-order chi connectivity index (χ0) is 21.2. The van der Waals surface area contributed by atoms with Gasteiger partial charge in [-0.2, -0.15) is 0 Å². The average Bonchev–Trinajstić information content (AvgIpc) is 2.78. The van der Waals surface area contributed by atoms with Crippen LogP contribution >= 0.6 is 0 Å². The molecule has 3 rings (SSSR count). The van der Waals surface area contributed by atoms with E-state index in [1.165, 1.54) is 5.56 Å². The van der Waals surface area contributed by atoms with Crippen molar-refractivity contribution in [3.05, 3.63) is 59.7 Å². The van der Waals surface area contributed by atoms with Gasteiger partial charge < -0.3 is 24.8 Å². The Bertz CT molecular complexity index is 749. The maximum Gasteiger partial charge on any atom is 0.127 e. The number of nitrogens with zero attached hydrogens (tertiary/aromatic N) is 2. The molecule has 0 aliphatic carbocycles. The topological polar surface area (TPSA) is 57.2 Å². The van der Waals surface area contributed by atoms with Crippen molar-refractivity contribution in [1.82, 2.24) is 15.1 Å². The lowest BCUT2D eigenvalue weighted by Gasteiger charge is -2.33. The van der Waals surface area contributed by atoms with Gasteiger partial charge >= 0.3 is 0 Å². The molecule has 0 radical (unpaired) electrons. The Balaban J connectivity index is 1.48. The van der Waals surface area contributed by atoms with E-state index < -0.39 is 6.10 Å². The number of piperazine rings is 1. The molecule has 6 nitrogen and oxygen atoms in total. The molecule has 0 saturated carbocycles. The Hall–Kier alpha value is -2.12. The van der Waals surface area contributed by atoms with Crippen molar-refractivity contribution in [3.63, 3.8) is 0 Å². The fourth-order valence-corrected chi connectivity index (χ4v) is 3.61. The van der Waals surface area contributed by atoms with E-state index in [1.54, 1.807) is 7.11 Å². The molecule has 0 bridgehead atoms. The van der Waals surface area contributed by atoms with E-state index in [2.05, 4.69) is 46.4 Å². The lowest BCUT2D eigenvalue weighted by molar-refractivity contribution is 0.0501. The number of β-amino-alcohol motifs (C(OH)–C–C–N with tert-alkyl or cyclic N) is 1. The van der Waals surface area contributed by atoms with Crippen molar-refractivity contribution in [2.24, 2.45) is 0 Å². The lowest BCUT2D eigenvalue weighted by Crippen LogP contribution is -2.47. The van der Waals surface area contributed by atoms with Crippen LogP contribution in [0.4, 0.5) is 0 Å². The van der Waals surface area contributed by atoms with Crippen LogP contribution < -0.4 is 14.8 Å². The summed E-state index contributed by atoms with van der Waals surface area (Å²) >= 11 is 0. The van der Waals surface area contributed by atoms with Crippen LogP contribution in [0.2, 0.25) is 0 Å². The SMILES string of the molecule is COc1ccc(CNCCc2ccccc2)c(OC[C@H](O)CN2CCN(C)CC2)c1. The zero-order valence-electron chi connectivity index (χ0n) is 18.2. The summed E-state index contributed by atoms with van der Waals surface area (Å²) in [6.07, 6.45) is 0.468. The number of likely N-dealkylation sites (N-methyl/N-ethyl adjacent to an activating group) is 1. The molecule has 0 unspecified atom stereocenters. The molecule has 1 heterocycles. The number of ether oxygens (including phenoxy) is 2. The monoisotopic (exact) mass is 413 g/mol. The van der Waals surface area contributed by atoms with Gasteiger partial charge in [0.25, 0.3) is 0 Å². The van der Waals surface area contributed by atoms with Gasteiger partial charge in [-0.05, 0) is 31.6 Å². The van der Waals surface area contributed by atoms with Crippen molar-refractivity contribution in [2.45, 2.75) is 19.1 Å². The van der Waals surface area contributed by atoms with Crippen LogP contribution in [0.3, 0.4) is 0 Å². The summed E-state index contributed by atoms with van der Waals surface area (Å²) in [6.45, 7) is 6.58. The standard InChI is InChI=1S/C24H35N3O3/c1-26-12-14-27(15-13-26)18-22(28)19-30-24-16-23(29-2)9-8-21(24)17-25-11-10-20-6-4-3-5-7-20/h3-9,16,22,25,28H,10-15,17-19H2,1-2H3/t22-/m1/s1. The lowest BCUT2D eigenvalue weighted by atomic mass is 10.1. The highest BCUT2D eigenvalue weighted by molar-refractivity contribution is 5.40. The predicted octanol–water partition coefficient (Wildman–Crippen LogP) is 2.01. The zero-order valence-corrected chi connectivity index (χ0v) is 18.2. The Morgan fingerprint density at radius 3 is 2.57 bits per heavy atom. The number of hydrogen-bond acceptors (Lipinski definition) is 6. The second kappa shape index (κ2) is 11.9. The molecule has 1 aliphatic rings. The van der Waals surface area contributed by atoms with E-state index in [-0.39, 0.29) is 6.61 Å². The van der Waals surface area contributed by atoms with Crippen LogP contribution in [-0.4, -0.2) is 81.0 Å². The molecule has 0 amide bonds.